The van der Waals surface area contributed by atoms with E-state index in [1.807, 2.05) is 0 Å². The number of ether oxygens (including phenoxy) is 1. The Morgan fingerprint density at radius 2 is 1.90 bits per heavy atom. The van der Waals surface area contributed by atoms with Crippen molar-refractivity contribution in [3.63, 3.8) is 0 Å². The number of hydrogen-bond donors (Lipinski definition) is 1. The van der Waals surface area contributed by atoms with Crippen LogP contribution in [0.4, 0.5) is 0 Å². The molecule has 3 rings (SSSR count). The van der Waals surface area contributed by atoms with Crippen molar-refractivity contribution in [3.05, 3.63) is 29.3 Å². The van der Waals surface area contributed by atoms with Crippen LogP contribution in [-0.4, -0.2) is 19.7 Å². The maximum absolute atomic E-state index is 5.58. The van der Waals surface area contributed by atoms with Gasteiger partial charge < -0.3 is 10.1 Å². The molecule has 1 aromatic carbocycles. The van der Waals surface area contributed by atoms with Gasteiger partial charge in [0, 0.05) is 6.04 Å². The lowest BCUT2D eigenvalue weighted by Crippen LogP contribution is -2.35. The molecule has 2 nitrogen and oxygen atoms in total. The van der Waals surface area contributed by atoms with E-state index in [0.717, 1.165) is 18.1 Å². The van der Waals surface area contributed by atoms with E-state index in [9.17, 15) is 0 Å². The van der Waals surface area contributed by atoms with Gasteiger partial charge in [-0.2, -0.15) is 0 Å². The summed E-state index contributed by atoms with van der Waals surface area (Å²) in [6, 6.07) is 7.53. The lowest BCUT2D eigenvalue weighted by molar-refractivity contribution is 0.381. The second kappa shape index (κ2) is 6.62. The van der Waals surface area contributed by atoms with E-state index < -0.39 is 0 Å². The van der Waals surface area contributed by atoms with E-state index in [-0.39, 0.29) is 0 Å². The monoisotopic (exact) mass is 273 g/mol. The van der Waals surface area contributed by atoms with Crippen molar-refractivity contribution in [1.82, 2.24) is 5.32 Å². The summed E-state index contributed by atoms with van der Waals surface area (Å²) in [4.78, 5) is 0. The fourth-order valence-electron chi connectivity index (χ4n) is 3.83. The molecular formula is C18H27NO. The fraction of sp³-hybridized carbons (Fsp3) is 0.667. The molecule has 1 aliphatic heterocycles. The second-order valence-corrected chi connectivity index (χ2v) is 6.40. The molecule has 2 aliphatic rings. The average Bonchev–Trinajstić information content (AvgIpc) is 3.02. The number of benzene rings is 1. The van der Waals surface area contributed by atoms with Crippen LogP contribution in [-0.2, 0) is 6.42 Å². The van der Waals surface area contributed by atoms with Crippen molar-refractivity contribution in [3.8, 4) is 5.75 Å². The molecule has 1 unspecified atom stereocenters. The van der Waals surface area contributed by atoms with Gasteiger partial charge in [-0.05, 0) is 61.8 Å². The third-order valence-electron chi connectivity index (χ3n) is 5.01. The van der Waals surface area contributed by atoms with E-state index in [0.29, 0.717) is 6.04 Å². The number of piperidine rings is 1. The van der Waals surface area contributed by atoms with Crippen LogP contribution in [0.2, 0.25) is 0 Å². The van der Waals surface area contributed by atoms with Crippen LogP contribution < -0.4 is 10.1 Å². The van der Waals surface area contributed by atoms with Crippen LogP contribution in [0.15, 0.2) is 18.2 Å². The molecule has 2 fully saturated rings. The molecule has 110 valence electrons. The highest BCUT2D eigenvalue weighted by atomic mass is 16.5. The van der Waals surface area contributed by atoms with E-state index in [1.54, 1.807) is 7.11 Å². The minimum absolute atomic E-state index is 0.636. The van der Waals surface area contributed by atoms with Gasteiger partial charge in [-0.25, -0.2) is 0 Å². The van der Waals surface area contributed by atoms with Crippen molar-refractivity contribution < 1.29 is 4.74 Å². The Balaban J connectivity index is 1.76. The molecular weight excluding hydrogens is 246 g/mol. The van der Waals surface area contributed by atoms with Gasteiger partial charge in [-0.3, -0.25) is 0 Å². The van der Waals surface area contributed by atoms with Crippen LogP contribution >= 0.6 is 0 Å². The lowest BCUT2D eigenvalue weighted by Gasteiger charge is -2.24. The molecule has 1 saturated carbocycles. The molecule has 1 atom stereocenters. The first-order valence-electron chi connectivity index (χ1n) is 8.27. The summed E-state index contributed by atoms with van der Waals surface area (Å²) in [6.45, 7) is 1.18. The smallest absolute Gasteiger partial charge is 0.122 e. The summed E-state index contributed by atoms with van der Waals surface area (Å²) in [7, 11) is 1.79. The maximum Gasteiger partial charge on any atom is 0.122 e. The quantitative estimate of drug-likeness (QED) is 0.894. The van der Waals surface area contributed by atoms with Crippen LogP contribution in [0.1, 0.15) is 62.0 Å². The molecule has 1 saturated heterocycles. The SMILES string of the molecule is COc1ccc(C2CCCC2)cc1CC1CCCCN1. The van der Waals surface area contributed by atoms with E-state index in [4.69, 9.17) is 4.74 Å². The maximum atomic E-state index is 5.58. The highest BCUT2D eigenvalue weighted by molar-refractivity contribution is 5.39. The summed E-state index contributed by atoms with van der Waals surface area (Å²) >= 11 is 0. The van der Waals surface area contributed by atoms with Crippen LogP contribution in [0.5, 0.6) is 5.75 Å². The molecule has 20 heavy (non-hydrogen) atoms. The van der Waals surface area contributed by atoms with Gasteiger partial charge in [-0.1, -0.05) is 31.4 Å². The van der Waals surface area contributed by atoms with Crippen molar-refractivity contribution in [2.75, 3.05) is 13.7 Å². The van der Waals surface area contributed by atoms with E-state index in [1.165, 1.54) is 62.6 Å². The molecule has 0 bridgehead atoms. The number of hydrogen-bond acceptors (Lipinski definition) is 2. The average molecular weight is 273 g/mol. The Bertz CT molecular complexity index is 431. The van der Waals surface area contributed by atoms with Crippen molar-refractivity contribution in [2.45, 2.75) is 63.3 Å². The van der Waals surface area contributed by atoms with Gasteiger partial charge in [0.1, 0.15) is 5.75 Å². The van der Waals surface area contributed by atoms with Gasteiger partial charge in [-0.15, -0.1) is 0 Å². The standard InChI is InChI=1S/C18H27NO/c1-20-18-10-9-15(14-6-2-3-7-14)12-16(18)13-17-8-4-5-11-19-17/h9-10,12,14,17,19H,2-8,11,13H2,1H3. The van der Waals surface area contributed by atoms with Gasteiger partial charge in [0.15, 0.2) is 0 Å². The Morgan fingerprint density at radius 3 is 2.60 bits per heavy atom. The van der Waals surface area contributed by atoms with Gasteiger partial charge in [0.25, 0.3) is 0 Å². The normalized spacial score (nSPS) is 23.9. The first-order valence-corrected chi connectivity index (χ1v) is 8.27. The van der Waals surface area contributed by atoms with Crippen molar-refractivity contribution in [2.24, 2.45) is 0 Å². The molecule has 0 aromatic heterocycles. The number of nitrogens with one attached hydrogen (secondary N) is 1. The van der Waals surface area contributed by atoms with Crippen LogP contribution in [0, 0.1) is 0 Å². The molecule has 0 amide bonds. The molecule has 2 heteroatoms. The zero-order valence-corrected chi connectivity index (χ0v) is 12.7. The van der Waals surface area contributed by atoms with Gasteiger partial charge >= 0.3 is 0 Å². The van der Waals surface area contributed by atoms with Gasteiger partial charge in [0.05, 0.1) is 7.11 Å². The highest BCUT2D eigenvalue weighted by Gasteiger charge is 2.20. The highest BCUT2D eigenvalue weighted by Crippen LogP contribution is 2.36. The predicted octanol–water partition coefficient (Wildman–Crippen LogP) is 4.04. The Morgan fingerprint density at radius 1 is 1.10 bits per heavy atom. The molecule has 1 aliphatic carbocycles. The summed E-state index contributed by atoms with van der Waals surface area (Å²) in [5.41, 5.74) is 2.94. The minimum Gasteiger partial charge on any atom is -0.496 e. The zero-order chi connectivity index (χ0) is 13.8. The Kier molecular flexibility index (Phi) is 4.62. The van der Waals surface area contributed by atoms with Crippen LogP contribution in [0.3, 0.4) is 0 Å². The molecule has 1 heterocycles. The van der Waals surface area contributed by atoms with E-state index in [2.05, 4.69) is 23.5 Å². The largest absolute Gasteiger partial charge is 0.496 e. The molecule has 0 radical (unpaired) electrons. The Hall–Kier alpha value is -1.02. The molecule has 1 N–H and O–H groups in total. The van der Waals surface area contributed by atoms with E-state index >= 15 is 0 Å². The first-order chi connectivity index (χ1) is 9.86. The summed E-state index contributed by atoms with van der Waals surface area (Å²) in [5.74, 6) is 1.86. The minimum atomic E-state index is 0.636. The topological polar surface area (TPSA) is 21.3 Å². The number of rotatable bonds is 4. The van der Waals surface area contributed by atoms with Crippen molar-refractivity contribution >= 4 is 0 Å². The van der Waals surface area contributed by atoms with Gasteiger partial charge in [0.2, 0.25) is 0 Å². The summed E-state index contributed by atoms with van der Waals surface area (Å²) < 4.78 is 5.58. The summed E-state index contributed by atoms with van der Waals surface area (Å²) in [5, 5.41) is 3.65. The Labute approximate surface area is 122 Å². The lowest BCUT2D eigenvalue weighted by atomic mass is 9.92. The van der Waals surface area contributed by atoms with Crippen molar-refractivity contribution in [1.29, 1.82) is 0 Å². The first kappa shape index (κ1) is 13.9. The fourth-order valence-corrected chi connectivity index (χ4v) is 3.83. The number of methoxy groups -OCH3 is 1. The third-order valence-corrected chi connectivity index (χ3v) is 5.01. The van der Waals surface area contributed by atoms with Crippen LogP contribution in [0.25, 0.3) is 0 Å². The predicted molar refractivity (Wildman–Crippen MR) is 83.5 cm³/mol. The zero-order valence-electron chi connectivity index (χ0n) is 12.7. The summed E-state index contributed by atoms with van der Waals surface area (Å²) in [6.07, 6.45) is 10.6. The third kappa shape index (κ3) is 3.17. The second-order valence-electron chi connectivity index (χ2n) is 6.40. The molecule has 0 spiro atoms. The molecule has 1 aromatic rings.